The van der Waals surface area contributed by atoms with E-state index in [1.54, 1.807) is 25.1 Å². The molecule has 2 rings (SSSR count). The van der Waals surface area contributed by atoms with Gasteiger partial charge in [-0.15, -0.1) is 0 Å². The number of aromatic nitrogens is 1. The van der Waals surface area contributed by atoms with Gasteiger partial charge in [-0.1, -0.05) is 40.9 Å². The lowest BCUT2D eigenvalue weighted by Crippen LogP contribution is -2.22. The number of amides is 1. The number of pyridine rings is 1. The lowest BCUT2D eigenvalue weighted by molar-refractivity contribution is -0.119. The number of hydrogen-bond acceptors (Lipinski definition) is 4. The van der Waals surface area contributed by atoms with Crippen LogP contribution in [0.5, 0.6) is 0 Å². The molecule has 0 bridgehead atoms. The molecule has 1 aromatic carbocycles. The van der Waals surface area contributed by atoms with Gasteiger partial charge in [0, 0.05) is 10.7 Å². The first-order valence-electron chi connectivity index (χ1n) is 6.42. The molecule has 1 N–H and O–H groups in total. The fourth-order valence-electron chi connectivity index (χ4n) is 1.69. The summed E-state index contributed by atoms with van der Waals surface area (Å²) in [5, 5.41) is 3.31. The van der Waals surface area contributed by atoms with Crippen molar-refractivity contribution < 1.29 is 14.3 Å². The van der Waals surface area contributed by atoms with Gasteiger partial charge in [0.15, 0.2) is 12.3 Å². The Morgan fingerprint density at radius 1 is 1.13 bits per heavy atom. The van der Waals surface area contributed by atoms with Crippen LogP contribution in [0, 0.1) is 6.92 Å². The second kappa shape index (κ2) is 7.64. The Balaban J connectivity index is 1.98. The van der Waals surface area contributed by atoms with Crippen LogP contribution in [-0.2, 0) is 9.53 Å². The van der Waals surface area contributed by atoms with Crippen molar-refractivity contribution in [3.8, 4) is 0 Å². The minimum absolute atomic E-state index is 0.0884. The topological polar surface area (TPSA) is 68.3 Å². The molecule has 1 heterocycles. The van der Waals surface area contributed by atoms with Gasteiger partial charge in [0.25, 0.3) is 5.91 Å². The van der Waals surface area contributed by atoms with Crippen LogP contribution in [0.2, 0.25) is 15.2 Å². The maximum atomic E-state index is 11.9. The van der Waals surface area contributed by atoms with E-state index in [1.165, 1.54) is 12.1 Å². The third-order valence-electron chi connectivity index (χ3n) is 2.88. The van der Waals surface area contributed by atoms with Gasteiger partial charge >= 0.3 is 5.97 Å². The van der Waals surface area contributed by atoms with Gasteiger partial charge in [-0.05, 0) is 36.8 Å². The molecule has 0 spiro atoms. The van der Waals surface area contributed by atoms with E-state index < -0.39 is 18.5 Å². The summed E-state index contributed by atoms with van der Waals surface area (Å²) in [7, 11) is 0. The average Bonchev–Trinajstić information content (AvgIpc) is 2.52. The molecule has 2 aromatic rings. The van der Waals surface area contributed by atoms with Crippen LogP contribution >= 0.6 is 34.8 Å². The fraction of sp³-hybridized carbons (Fsp3) is 0.133. The highest BCUT2D eigenvalue weighted by Crippen LogP contribution is 2.23. The van der Waals surface area contributed by atoms with E-state index >= 15 is 0 Å². The zero-order valence-corrected chi connectivity index (χ0v) is 14.2. The van der Waals surface area contributed by atoms with Crippen LogP contribution < -0.4 is 5.32 Å². The number of hydrogen-bond donors (Lipinski definition) is 1. The smallest absolute Gasteiger partial charge is 0.359 e. The van der Waals surface area contributed by atoms with Gasteiger partial charge in [0.05, 0.1) is 5.02 Å². The molecule has 8 heteroatoms. The van der Waals surface area contributed by atoms with Gasteiger partial charge in [-0.2, -0.15) is 0 Å². The number of halogens is 3. The normalized spacial score (nSPS) is 10.3. The van der Waals surface area contributed by atoms with Crippen LogP contribution in [0.25, 0.3) is 0 Å². The van der Waals surface area contributed by atoms with Crippen molar-refractivity contribution in [1.82, 2.24) is 4.98 Å². The van der Waals surface area contributed by atoms with E-state index in [0.29, 0.717) is 16.3 Å². The summed E-state index contributed by atoms with van der Waals surface area (Å²) in [4.78, 5) is 27.5. The van der Waals surface area contributed by atoms with E-state index in [2.05, 4.69) is 10.3 Å². The summed E-state index contributed by atoms with van der Waals surface area (Å²) < 4.78 is 4.88. The second-order valence-corrected chi connectivity index (χ2v) is 5.70. The zero-order chi connectivity index (χ0) is 17.0. The first-order valence-corrected chi connectivity index (χ1v) is 7.56. The molecule has 1 amide bonds. The molecule has 1 aromatic heterocycles. The van der Waals surface area contributed by atoms with Crippen LogP contribution in [0.3, 0.4) is 0 Å². The molecule has 0 aliphatic carbocycles. The third-order valence-corrected chi connectivity index (χ3v) is 3.81. The molecule has 23 heavy (non-hydrogen) atoms. The molecule has 0 aliphatic heterocycles. The highest BCUT2D eigenvalue weighted by molar-refractivity contribution is 6.34. The molecule has 5 nitrogen and oxygen atoms in total. The van der Waals surface area contributed by atoms with Gasteiger partial charge < -0.3 is 10.1 Å². The van der Waals surface area contributed by atoms with Gasteiger partial charge in [0.1, 0.15) is 5.15 Å². The van der Waals surface area contributed by atoms with Crippen molar-refractivity contribution >= 4 is 52.4 Å². The van der Waals surface area contributed by atoms with Crippen LogP contribution in [0.4, 0.5) is 5.69 Å². The Morgan fingerprint density at radius 2 is 1.87 bits per heavy atom. The van der Waals surface area contributed by atoms with E-state index in [0.717, 1.165) is 0 Å². The van der Waals surface area contributed by atoms with E-state index in [9.17, 15) is 9.59 Å². The Hall–Kier alpha value is -1.82. The molecule has 0 aliphatic rings. The van der Waals surface area contributed by atoms with Gasteiger partial charge in [-0.3, -0.25) is 4.79 Å². The predicted octanol–water partition coefficient (Wildman–Crippen LogP) is 4.15. The van der Waals surface area contributed by atoms with Crippen molar-refractivity contribution in [2.75, 3.05) is 11.9 Å². The Kier molecular flexibility index (Phi) is 5.82. The number of nitrogens with one attached hydrogen (secondary N) is 1. The van der Waals surface area contributed by atoms with E-state index in [-0.39, 0.29) is 15.9 Å². The molecule has 0 unspecified atom stereocenters. The van der Waals surface area contributed by atoms with Gasteiger partial charge in [-0.25, -0.2) is 9.78 Å². The highest BCUT2D eigenvalue weighted by atomic mass is 35.5. The number of carbonyl (C=O) groups excluding carboxylic acids is 2. The number of esters is 1. The van der Waals surface area contributed by atoms with Crippen LogP contribution in [-0.4, -0.2) is 23.5 Å². The van der Waals surface area contributed by atoms with E-state index in [4.69, 9.17) is 39.5 Å². The fourth-order valence-corrected chi connectivity index (χ4v) is 2.19. The minimum Gasteiger partial charge on any atom is -0.451 e. The molecule has 0 saturated heterocycles. The Labute approximate surface area is 147 Å². The van der Waals surface area contributed by atoms with Crippen molar-refractivity contribution in [3.63, 3.8) is 0 Å². The first-order chi connectivity index (χ1) is 10.9. The minimum atomic E-state index is -0.838. The lowest BCUT2D eigenvalue weighted by atomic mass is 10.2. The first kappa shape index (κ1) is 17.5. The molecule has 0 fully saturated rings. The molecule has 120 valence electrons. The largest absolute Gasteiger partial charge is 0.451 e. The summed E-state index contributed by atoms with van der Waals surface area (Å²) in [5.41, 5.74) is 1.11. The Bertz CT molecular complexity index is 766. The third kappa shape index (κ3) is 4.58. The predicted molar refractivity (Wildman–Crippen MR) is 89.4 cm³/mol. The molecule has 0 radical (unpaired) electrons. The lowest BCUT2D eigenvalue weighted by Gasteiger charge is -2.10. The Morgan fingerprint density at radius 3 is 2.61 bits per heavy atom. The summed E-state index contributed by atoms with van der Waals surface area (Å²) in [5.74, 6) is -1.35. The quantitative estimate of drug-likeness (QED) is 0.646. The second-order valence-electron chi connectivity index (χ2n) is 4.50. The van der Waals surface area contributed by atoms with Crippen molar-refractivity contribution in [2.24, 2.45) is 0 Å². The molecule has 0 atom stereocenters. The molecule has 0 saturated carbocycles. The summed E-state index contributed by atoms with van der Waals surface area (Å²) >= 11 is 17.5. The number of anilines is 1. The number of benzene rings is 1. The van der Waals surface area contributed by atoms with Crippen LogP contribution in [0.1, 0.15) is 16.1 Å². The zero-order valence-electron chi connectivity index (χ0n) is 11.9. The average molecular weight is 374 g/mol. The summed E-state index contributed by atoms with van der Waals surface area (Å²) in [6.45, 7) is 1.27. The molecular formula is C15H11Cl3N2O3. The highest BCUT2D eigenvalue weighted by Gasteiger charge is 2.16. The number of nitrogens with zero attached hydrogens (tertiary/aromatic N) is 1. The van der Waals surface area contributed by atoms with Crippen molar-refractivity contribution in [2.45, 2.75) is 6.92 Å². The maximum absolute atomic E-state index is 11.9. The van der Waals surface area contributed by atoms with E-state index in [1.807, 2.05) is 0 Å². The number of carbonyl (C=O) groups is 2. The summed E-state index contributed by atoms with van der Waals surface area (Å²) in [6.07, 6.45) is 0. The van der Waals surface area contributed by atoms with Crippen molar-refractivity contribution in [1.29, 1.82) is 0 Å². The monoisotopic (exact) mass is 372 g/mol. The SMILES string of the molecule is Cc1c(Cl)cccc1NC(=O)COC(=O)c1nc(Cl)ccc1Cl. The maximum Gasteiger partial charge on any atom is 0.359 e. The molecular weight excluding hydrogens is 363 g/mol. The summed E-state index contributed by atoms with van der Waals surface area (Å²) in [6, 6.07) is 7.96. The standard InChI is InChI=1S/C15H11Cl3N2O3/c1-8-9(16)3-2-4-11(8)19-13(21)7-23-15(22)14-10(17)5-6-12(18)20-14/h2-6H,7H2,1H3,(H,19,21). The number of rotatable bonds is 4. The van der Waals surface area contributed by atoms with Crippen LogP contribution in [0.15, 0.2) is 30.3 Å². The van der Waals surface area contributed by atoms with Gasteiger partial charge in [0.2, 0.25) is 0 Å². The van der Waals surface area contributed by atoms with Crippen molar-refractivity contribution in [3.05, 3.63) is 56.8 Å². The number of ether oxygens (including phenoxy) is 1.